The molecule has 0 N–H and O–H groups in total. The molecular formula is C15H14BrNO2. The van der Waals surface area contributed by atoms with Crippen LogP contribution < -0.4 is 4.74 Å². The normalized spacial score (nSPS) is 10.3. The number of halogens is 1. The summed E-state index contributed by atoms with van der Waals surface area (Å²) in [4.78, 5) is 14.8. The van der Waals surface area contributed by atoms with Crippen LogP contribution in [0.1, 0.15) is 27.0 Å². The Balaban J connectivity index is 2.33. The number of aromatic nitrogens is 1. The Kier molecular flexibility index (Phi) is 4.00. The Bertz CT molecular complexity index is 615. The monoisotopic (exact) mass is 319 g/mol. The van der Waals surface area contributed by atoms with Crippen molar-refractivity contribution in [1.29, 1.82) is 0 Å². The van der Waals surface area contributed by atoms with E-state index in [9.17, 15) is 4.79 Å². The largest absolute Gasteiger partial charge is 0.439 e. The summed E-state index contributed by atoms with van der Waals surface area (Å²) in [5, 5.41) is 0. The predicted molar refractivity (Wildman–Crippen MR) is 78.1 cm³/mol. The molecule has 0 aliphatic rings. The third kappa shape index (κ3) is 3.01. The minimum absolute atomic E-state index is 0.520. The second-order valence-electron chi connectivity index (χ2n) is 4.48. The second-order valence-corrected chi connectivity index (χ2v) is 5.27. The van der Waals surface area contributed by atoms with Crippen molar-refractivity contribution >= 4 is 22.2 Å². The summed E-state index contributed by atoms with van der Waals surface area (Å²) in [6.45, 7) is 5.90. The number of benzene rings is 1. The van der Waals surface area contributed by atoms with Gasteiger partial charge in [-0.05, 0) is 50.1 Å². The maximum Gasteiger partial charge on any atom is 0.222 e. The third-order valence-corrected chi connectivity index (χ3v) is 4.06. The number of carbonyl (C=O) groups excluding carboxylic acids is 1. The summed E-state index contributed by atoms with van der Waals surface area (Å²) in [5.41, 5.74) is 3.60. The molecule has 0 unspecified atom stereocenters. The van der Waals surface area contributed by atoms with Crippen LogP contribution in [-0.2, 0) is 0 Å². The average molecular weight is 320 g/mol. The number of hydrogen-bond acceptors (Lipinski definition) is 3. The highest BCUT2D eigenvalue weighted by atomic mass is 79.9. The SMILES string of the molecule is Cc1cc(C=O)cnc1Oc1cc(C)c(Br)c(C)c1. The highest BCUT2D eigenvalue weighted by Gasteiger charge is 2.07. The summed E-state index contributed by atoms with van der Waals surface area (Å²) < 4.78 is 6.86. The average Bonchev–Trinajstić information content (AvgIpc) is 2.38. The van der Waals surface area contributed by atoms with E-state index in [0.717, 1.165) is 33.2 Å². The van der Waals surface area contributed by atoms with Crippen molar-refractivity contribution in [2.75, 3.05) is 0 Å². The fourth-order valence-corrected chi connectivity index (χ4v) is 2.06. The number of carbonyl (C=O) groups is 1. The van der Waals surface area contributed by atoms with Gasteiger partial charge in [0.25, 0.3) is 0 Å². The van der Waals surface area contributed by atoms with Gasteiger partial charge in [-0.1, -0.05) is 15.9 Å². The quantitative estimate of drug-likeness (QED) is 0.788. The lowest BCUT2D eigenvalue weighted by atomic mass is 10.1. The molecule has 0 aliphatic heterocycles. The van der Waals surface area contributed by atoms with Crippen molar-refractivity contribution in [3.63, 3.8) is 0 Å². The molecule has 0 saturated heterocycles. The number of aryl methyl sites for hydroxylation is 3. The summed E-state index contributed by atoms with van der Waals surface area (Å²) in [5.74, 6) is 1.26. The van der Waals surface area contributed by atoms with Crippen LogP contribution in [0.25, 0.3) is 0 Å². The van der Waals surface area contributed by atoms with Gasteiger partial charge in [0.2, 0.25) is 5.88 Å². The van der Waals surface area contributed by atoms with Crippen molar-refractivity contribution in [2.24, 2.45) is 0 Å². The summed E-state index contributed by atoms with van der Waals surface area (Å²) in [6, 6.07) is 5.66. The number of aldehydes is 1. The van der Waals surface area contributed by atoms with E-state index in [2.05, 4.69) is 20.9 Å². The number of ether oxygens (including phenoxy) is 1. The molecule has 0 saturated carbocycles. The first-order chi connectivity index (χ1) is 9.01. The summed E-state index contributed by atoms with van der Waals surface area (Å²) in [6.07, 6.45) is 2.28. The molecule has 1 heterocycles. The minimum Gasteiger partial charge on any atom is -0.439 e. The first kappa shape index (κ1) is 13.7. The fourth-order valence-electron chi connectivity index (χ4n) is 1.83. The van der Waals surface area contributed by atoms with Crippen LogP contribution in [0.2, 0.25) is 0 Å². The van der Waals surface area contributed by atoms with Crippen LogP contribution >= 0.6 is 15.9 Å². The zero-order chi connectivity index (χ0) is 14.0. The number of rotatable bonds is 3. The fraction of sp³-hybridized carbons (Fsp3) is 0.200. The molecule has 0 amide bonds. The maximum atomic E-state index is 10.7. The number of hydrogen-bond donors (Lipinski definition) is 0. The lowest BCUT2D eigenvalue weighted by Gasteiger charge is -2.11. The van der Waals surface area contributed by atoms with Crippen molar-refractivity contribution in [3.05, 3.63) is 51.1 Å². The Morgan fingerprint density at radius 2 is 1.74 bits per heavy atom. The molecule has 0 aliphatic carbocycles. The van der Waals surface area contributed by atoms with Crippen molar-refractivity contribution < 1.29 is 9.53 Å². The molecule has 1 aromatic heterocycles. The first-order valence-corrected chi connectivity index (χ1v) is 6.67. The summed E-state index contributed by atoms with van der Waals surface area (Å²) in [7, 11) is 0. The van der Waals surface area contributed by atoms with E-state index >= 15 is 0 Å². The van der Waals surface area contributed by atoms with E-state index in [0.29, 0.717) is 11.4 Å². The molecule has 98 valence electrons. The van der Waals surface area contributed by atoms with Crippen LogP contribution in [0.3, 0.4) is 0 Å². The van der Waals surface area contributed by atoms with Gasteiger partial charge in [0, 0.05) is 21.8 Å². The molecule has 3 nitrogen and oxygen atoms in total. The van der Waals surface area contributed by atoms with Crippen LogP contribution in [-0.4, -0.2) is 11.3 Å². The van der Waals surface area contributed by atoms with Gasteiger partial charge in [-0.2, -0.15) is 0 Å². The van der Waals surface area contributed by atoms with E-state index in [-0.39, 0.29) is 0 Å². The Morgan fingerprint density at radius 3 is 2.26 bits per heavy atom. The predicted octanol–water partition coefficient (Wildman–Crippen LogP) is 4.37. The van der Waals surface area contributed by atoms with Gasteiger partial charge < -0.3 is 4.74 Å². The molecular weight excluding hydrogens is 306 g/mol. The summed E-state index contributed by atoms with van der Waals surface area (Å²) >= 11 is 3.52. The van der Waals surface area contributed by atoms with E-state index in [1.165, 1.54) is 6.20 Å². The minimum atomic E-state index is 0.520. The van der Waals surface area contributed by atoms with E-state index in [1.54, 1.807) is 6.07 Å². The molecule has 0 bridgehead atoms. The molecule has 19 heavy (non-hydrogen) atoms. The van der Waals surface area contributed by atoms with Crippen molar-refractivity contribution in [1.82, 2.24) is 4.98 Å². The standard InChI is InChI=1S/C15H14BrNO2/c1-9-5-13(6-10(2)14(9)16)19-15-11(3)4-12(8-18)7-17-15/h4-8H,1-3H3. The van der Waals surface area contributed by atoms with Gasteiger partial charge in [0.1, 0.15) is 5.75 Å². The molecule has 2 aromatic rings. The third-order valence-electron chi connectivity index (χ3n) is 2.81. The van der Waals surface area contributed by atoms with Crippen LogP contribution in [0.4, 0.5) is 0 Å². The smallest absolute Gasteiger partial charge is 0.222 e. The number of nitrogens with zero attached hydrogens (tertiary/aromatic N) is 1. The van der Waals surface area contributed by atoms with Crippen LogP contribution in [0.5, 0.6) is 11.6 Å². The van der Waals surface area contributed by atoms with Crippen LogP contribution in [0, 0.1) is 20.8 Å². The van der Waals surface area contributed by atoms with Gasteiger partial charge in [0.05, 0.1) is 0 Å². The Hall–Kier alpha value is -1.68. The number of pyridine rings is 1. The Labute approximate surface area is 120 Å². The van der Waals surface area contributed by atoms with Crippen LogP contribution in [0.15, 0.2) is 28.9 Å². The van der Waals surface area contributed by atoms with Crippen molar-refractivity contribution in [2.45, 2.75) is 20.8 Å². The molecule has 0 atom stereocenters. The highest BCUT2D eigenvalue weighted by Crippen LogP contribution is 2.29. The van der Waals surface area contributed by atoms with Crippen molar-refractivity contribution in [3.8, 4) is 11.6 Å². The lowest BCUT2D eigenvalue weighted by molar-refractivity contribution is 0.112. The molecule has 1 aromatic carbocycles. The zero-order valence-corrected chi connectivity index (χ0v) is 12.6. The van der Waals surface area contributed by atoms with Gasteiger partial charge in [-0.25, -0.2) is 4.98 Å². The van der Waals surface area contributed by atoms with E-state index < -0.39 is 0 Å². The Morgan fingerprint density at radius 1 is 1.11 bits per heavy atom. The van der Waals surface area contributed by atoms with Gasteiger partial charge >= 0.3 is 0 Å². The highest BCUT2D eigenvalue weighted by molar-refractivity contribution is 9.10. The zero-order valence-electron chi connectivity index (χ0n) is 11.0. The molecule has 0 radical (unpaired) electrons. The van der Waals surface area contributed by atoms with Gasteiger partial charge in [0.15, 0.2) is 6.29 Å². The molecule has 4 heteroatoms. The maximum absolute atomic E-state index is 10.7. The van der Waals surface area contributed by atoms with E-state index in [4.69, 9.17) is 4.74 Å². The van der Waals surface area contributed by atoms with Gasteiger partial charge in [-0.3, -0.25) is 4.79 Å². The molecule has 2 rings (SSSR count). The molecule has 0 spiro atoms. The first-order valence-electron chi connectivity index (χ1n) is 5.87. The van der Waals surface area contributed by atoms with E-state index in [1.807, 2.05) is 32.9 Å². The molecule has 0 fully saturated rings. The second kappa shape index (κ2) is 5.53. The topological polar surface area (TPSA) is 39.2 Å². The lowest BCUT2D eigenvalue weighted by Crippen LogP contribution is -1.94. The van der Waals surface area contributed by atoms with Gasteiger partial charge in [-0.15, -0.1) is 0 Å².